The molecule has 0 fully saturated rings. The Bertz CT molecular complexity index is 398. The molecule has 1 amide bonds. The van der Waals surface area contributed by atoms with Crippen molar-refractivity contribution in [3.63, 3.8) is 0 Å². The minimum Gasteiger partial charge on any atom is -0.342 e. The van der Waals surface area contributed by atoms with E-state index in [1.807, 2.05) is 7.05 Å². The van der Waals surface area contributed by atoms with Crippen molar-refractivity contribution in [2.45, 2.75) is 11.3 Å². The van der Waals surface area contributed by atoms with Crippen LogP contribution in [0.5, 0.6) is 0 Å². The predicted octanol–water partition coefficient (Wildman–Crippen LogP) is 2.31. The third-order valence-electron chi connectivity index (χ3n) is 2.45. The summed E-state index contributed by atoms with van der Waals surface area (Å²) in [6.07, 6.45) is 0.914. The van der Waals surface area contributed by atoms with Crippen molar-refractivity contribution in [3.05, 3.63) is 28.8 Å². The van der Waals surface area contributed by atoms with E-state index in [9.17, 15) is 4.79 Å². The molecule has 94 valence electrons. The van der Waals surface area contributed by atoms with E-state index in [0.717, 1.165) is 17.9 Å². The first-order chi connectivity index (χ1) is 8.06. The fraction of sp³-hybridized carbons (Fsp3) is 0.417. The van der Waals surface area contributed by atoms with Gasteiger partial charge in [-0.25, -0.2) is 0 Å². The summed E-state index contributed by atoms with van der Waals surface area (Å²) in [6.45, 7) is 1.59. The summed E-state index contributed by atoms with van der Waals surface area (Å²) in [6, 6.07) is 5.16. The van der Waals surface area contributed by atoms with Gasteiger partial charge >= 0.3 is 0 Å². The third-order valence-corrected chi connectivity index (χ3v) is 3.06. The highest BCUT2D eigenvalue weighted by Gasteiger charge is 2.14. The molecule has 0 saturated heterocycles. The van der Waals surface area contributed by atoms with Crippen molar-refractivity contribution in [1.29, 1.82) is 0 Å². The predicted molar refractivity (Wildman–Crippen MR) is 74.2 cm³/mol. The maximum absolute atomic E-state index is 12.1. The molecule has 0 heterocycles. The number of carbonyl (C=O) groups is 1. The molecule has 0 bridgehead atoms. The number of benzene rings is 1. The van der Waals surface area contributed by atoms with E-state index in [-0.39, 0.29) is 5.91 Å². The molecule has 0 spiro atoms. The summed E-state index contributed by atoms with van der Waals surface area (Å²) >= 11 is 10.2. The van der Waals surface area contributed by atoms with E-state index < -0.39 is 0 Å². The second-order valence-corrected chi connectivity index (χ2v) is 4.77. The molecular weight excluding hydrogens is 256 g/mol. The molecule has 0 aromatic heterocycles. The third kappa shape index (κ3) is 4.22. The van der Waals surface area contributed by atoms with Gasteiger partial charge in [-0.05, 0) is 38.2 Å². The summed E-state index contributed by atoms with van der Waals surface area (Å²) in [4.78, 5) is 14.5. The van der Waals surface area contributed by atoms with E-state index in [4.69, 9.17) is 11.6 Å². The van der Waals surface area contributed by atoms with Gasteiger partial charge in [0.15, 0.2) is 0 Å². The van der Waals surface area contributed by atoms with E-state index in [1.165, 1.54) is 0 Å². The van der Waals surface area contributed by atoms with Gasteiger partial charge in [-0.1, -0.05) is 11.6 Å². The van der Waals surface area contributed by atoms with Gasteiger partial charge in [-0.3, -0.25) is 4.79 Å². The summed E-state index contributed by atoms with van der Waals surface area (Å²) in [5, 5.41) is 3.51. The van der Waals surface area contributed by atoms with Gasteiger partial charge in [0.2, 0.25) is 0 Å². The summed E-state index contributed by atoms with van der Waals surface area (Å²) < 4.78 is 0. The molecule has 0 aliphatic rings. The number of nitrogens with zero attached hydrogens (tertiary/aromatic N) is 1. The maximum atomic E-state index is 12.1. The summed E-state index contributed by atoms with van der Waals surface area (Å²) in [5.41, 5.74) is 0.506. The SMILES string of the molecule is CNCCCN(C)C(=O)c1cc(S)ccc1Cl. The lowest BCUT2D eigenvalue weighted by Gasteiger charge is -2.18. The highest BCUT2D eigenvalue weighted by atomic mass is 35.5. The van der Waals surface area contributed by atoms with Gasteiger partial charge in [-0.2, -0.15) is 0 Å². The summed E-state index contributed by atoms with van der Waals surface area (Å²) in [5.74, 6) is -0.0676. The Morgan fingerprint density at radius 1 is 1.53 bits per heavy atom. The van der Waals surface area contributed by atoms with Crippen LogP contribution in [-0.2, 0) is 0 Å². The van der Waals surface area contributed by atoms with Crippen molar-refractivity contribution >= 4 is 30.1 Å². The first-order valence-electron chi connectivity index (χ1n) is 5.45. The lowest BCUT2D eigenvalue weighted by atomic mass is 10.2. The summed E-state index contributed by atoms with van der Waals surface area (Å²) in [7, 11) is 3.67. The molecule has 0 unspecified atom stereocenters. The molecular formula is C12H17ClN2OS. The number of halogens is 1. The van der Waals surface area contributed by atoms with Crippen molar-refractivity contribution < 1.29 is 4.79 Å². The van der Waals surface area contributed by atoms with Crippen LogP contribution in [0.1, 0.15) is 16.8 Å². The van der Waals surface area contributed by atoms with Crippen molar-refractivity contribution in [1.82, 2.24) is 10.2 Å². The average molecular weight is 273 g/mol. The molecule has 17 heavy (non-hydrogen) atoms. The smallest absolute Gasteiger partial charge is 0.255 e. The average Bonchev–Trinajstić information content (AvgIpc) is 2.31. The normalized spacial score (nSPS) is 10.4. The van der Waals surface area contributed by atoms with Crippen LogP contribution in [0.3, 0.4) is 0 Å². The fourth-order valence-corrected chi connectivity index (χ4v) is 1.88. The van der Waals surface area contributed by atoms with Gasteiger partial charge in [-0.15, -0.1) is 12.6 Å². The van der Waals surface area contributed by atoms with Crippen LogP contribution in [0, 0.1) is 0 Å². The van der Waals surface area contributed by atoms with Crippen molar-refractivity contribution in [2.24, 2.45) is 0 Å². The highest BCUT2D eigenvalue weighted by molar-refractivity contribution is 7.80. The topological polar surface area (TPSA) is 32.3 Å². The zero-order chi connectivity index (χ0) is 12.8. The Labute approximate surface area is 113 Å². The highest BCUT2D eigenvalue weighted by Crippen LogP contribution is 2.20. The Kier molecular flexibility index (Phi) is 5.82. The van der Waals surface area contributed by atoms with Crippen LogP contribution in [0.15, 0.2) is 23.1 Å². The first-order valence-corrected chi connectivity index (χ1v) is 6.27. The number of amides is 1. The minimum atomic E-state index is -0.0676. The standard InChI is InChI=1S/C12H17ClN2OS/c1-14-6-3-7-15(2)12(16)10-8-9(17)4-5-11(10)13/h4-5,8,14,17H,3,6-7H2,1-2H3. The Morgan fingerprint density at radius 2 is 2.24 bits per heavy atom. The van der Waals surface area contributed by atoms with E-state index in [1.54, 1.807) is 30.1 Å². The monoisotopic (exact) mass is 272 g/mol. The molecule has 5 heteroatoms. The Hall–Kier alpha value is -0.710. The zero-order valence-corrected chi connectivity index (χ0v) is 11.7. The van der Waals surface area contributed by atoms with Gasteiger partial charge in [0.25, 0.3) is 5.91 Å². The Balaban J connectivity index is 2.71. The first kappa shape index (κ1) is 14.4. The maximum Gasteiger partial charge on any atom is 0.255 e. The molecule has 0 aliphatic heterocycles. The molecule has 1 N–H and O–H groups in total. The lowest BCUT2D eigenvalue weighted by molar-refractivity contribution is 0.0793. The number of thiol groups is 1. The molecule has 0 radical (unpaired) electrons. The number of nitrogens with one attached hydrogen (secondary N) is 1. The minimum absolute atomic E-state index is 0.0676. The van der Waals surface area contributed by atoms with Gasteiger partial charge in [0, 0.05) is 18.5 Å². The number of carbonyl (C=O) groups excluding carboxylic acids is 1. The molecule has 3 nitrogen and oxygen atoms in total. The van der Waals surface area contributed by atoms with Crippen molar-refractivity contribution in [2.75, 3.05) is 27.2 Å². The van der Waals surface area contributed by atoms with Crippen molar-refractivity contribution in [3.8, 4) is 0 Å². The number of hydrogen-bond donors (Lipinski definition) is 2. The van der Waals surface area contributed by atoms with Gasteiger partial charge in [0.1, 0.15) is 0 Å². The second-order valence-electron chi connectivity index (χ2n) is 3.85. The van der Waals surface area contributed by atoms with Gasteiger partial charge < -0.3 is 10.2 Å². The lowest BCUT2D eigenvalue weighted by Crippen LogP contribution is -2.29. The van der Waals surface area contributed by atoms with Crippen LogP contribution in [0.4, 0.5) is 0 Å². The van der Waals surface area contributed by atoms with E-state index in [0.29, 0.717) is 17.1 Å². The number of hydrogen-bond acceptors (Lipinski definition) is 3. The molecule has 0 saturated carbocycles. The zero-order valence-electron chi connectivity index (χ0n) is 10.0. The molecule has 0 aliphatic carbocycles. The van der Waals surface area contributed by atoms with Crippen LogP contribution < -0.4 is 5.32 Å². The molecule has 0 atom stereocenters. The van der Waals surface area contributed by atoms with E-state index >= 15 is 0 Å². The largest absolute Gasteiger partial charge is 0.342 e. The van der Waals surface area contributed by atoms with Crippen LogP contribution in [0.2, 0.25) is 5.02 Å². The second kappa shape index (κ2) is 6.89. The quantitative estimate of drug-likeness (QED) is 0.637. The molecule has 1 rings (SSSR count). The molecule has 1 aromatic carbocycles. The van der Waals surface area contributed by atoms with Crippen LogP contribution >= 0.6 is 24.2 Å². The number of rotatable bonds is 5. The van der Waals surface area contributed by atoms with Crippen LogP contribution in [-0.4, -0.2) is 38.0 Å². The van der Waals surface area contributed by atoms with Crippen LogP contribution in [0.25, 0.3) is 0 Å². The van der Waals surface area contributed by atoms with Gasteiger partial charge in [0.05, 0.1) is 10.6 Å². The fourth-order valence-electron chi connectivity index (χ4n) is 1.48. The molecule has 1 aromatic rings. The Morgan fingerprint density at radius 3 is 2.88 bits per heavy atom. The van der Waals surface area contributed by atoms with E-state index in [2.05, 4.69) is 17.9 Å².